The van der Waals surface area contributed by atoms with Gasteiger partial charge in [0.15, 0.2) is 11.5 Å². The molecule has 0 atom stereocenters. The van der Waals surface area contributed by atoms with E-state index in [4.69, 9.17) is 14.2 Å². The number of hydrogen-bond acceptors (Lipinski definition) is 6. The summed E-state index contributed by atoms with van der Waals surface area (Å²) in [5.74, 6) is 2.22. The van der Waals surface area contributed by atoms with Crippen LogP contribution in [0, 0.1) is 0 Å². The number of piperazine rings is 1. The molecule has 7 heteroatoms. The number of hydrogen-bond donors (Lipinski definition) is 1. The van der Waals surface area contributed by atoms with Gasteiger partial charge in [-0.15, -0.1) is 0 Å². The molecule has 0 spiro atoms. The predicted octanol–water partition coefficient (Wildman–Crippen LogP) is 2.18. The molecule has 1 amide bonds. The van der Waals surface area contributed by atoms with Crippen molar-refractivity contribution >= 4 is 17.3 Å². The highest BCUT2D eigenvalue weighted by Gasteiger charge is 2.20. The van der Waals surface area contributed by atoms with E-state index in [-0.39, 0.29) is 12.7 Å². The van der Waals surface area contributed by atoms with Crippen LogP contribution in [-0.2, 0) is 4.79 Å². The molecule has 0 unspecified atom stereocenters. The summed E-state index contributed by atoms with van der Waals surface area (Å²) in [5.41, 5.74) is 1.90. The number of anilines is 2. The maximum atomic E-state index is 12.4. The van der Waals surface area contributed by atoms with Gasteiger partial charge in [-0.05, 0) is 36.4 Å². The van der Waals surface area contributed by atoms with E-state index in [1.807, 2.05) is 24.3 Å². The second-order valence-corrected chi connectivity index (χ2v) is 6.58. The normalized spacial score (nSPS) is 16.3. The van der Waals surface area contributed by atoms with E-state index < -0.39 is 0 Å². The molecule has 7 nitrogen and oxygen atoms in total. The minimum atomic E-state index is -0.0215. The molecule has 2 aliphatic rings. The van der Waals surface area contributed by atoms with Crippen molar-refractivity contribution < 1.29 is 19.0 Å². The molecule has 27 heavy (non-hydrogen) atoms. The summed E-state index contributed by atoms with van der Waals surface area (Å²) in [6, 6.07) is 13.5. The zero-order valence-corrected chi connectivity index (χ0v) is 15.3. The molecule has 0 aliphatic carbocycles. The third-order valence-electron chi connectivity index (χ3n) is 4.83. The monoisotopic (exact) mass is 369 g/mol. The first kappa shape index (κ1) is 17.5. The number of fused-ring (bicyclic) bond motifs is 1. The van der Waals surface area contributed by atoms with Crippen LogP contribution in [-0.4, -0.2) is 57.4 Å². The van der Waals surface area contributed by atoms with E-state index in [0.717, 1.165) is 37.6 Å². The molecule has 0 aromatic heterocycles. The minimum Gasteiger partial charge on any atom is -0.497 e. The lowest BCUT2D eigenvalue weighted by Gasteiger charge is -2.35. The van der Waals surface area contributed by atoms with E-state index in [2.05, 4.69) is 27.2 Å². The number of nitrogens with one attached hydrogen (secondary N) is 1. The van der Waals surface area contributed by atoms with Gasteiger partial charge < -0.3 is 24.4 Å². The Balaban J connectivity index is 1.26. The van der Waals surface area contributed by atoms with Crippen LogP contribution in [0.1, 0.15) is 0 Å². The van der Waals surface area contributed by atoms with Gasteiger partial charge in [0.2, 0.25) is 12.7 Å². The van der Waals surface area contributed by atoms with Gasteiger partial charge in [-0.3, -0.25) is 9.69 Å². The lowest BCUT2D eigenvalue weighted by atomic mass is 10.2. The number of amides is 1. The maximum Gasteiger partial charge on any atom is 0.238 e. The van der Waals surface area contributed by atoms with E-state index in [1.165, 1.54) is 5.69 Å². The SMILES string of the molecule is COc1ccc(N2CCN(CC(=O)Nc3ccc4c(c3)OCO4)CC2)cc1. The molecular formula is C20H23N3O4. The summed E-state index contributed by atoms with van der Waals surface area (Å²) in [7, 11) is 1.67. The number of benzene rings is 2. The van der Waals surface area contributed by atoms with E-state index >= 15 is 0 Å². The lowest BCUT2D eigenvalue weighted by Crippen LogP contribution is -2.48. The van der Waals surface area contributed by atoms with Gasteiger partial charge in [0.1, 0.15) is 5.75 Å². The molecule has 1 saturated heterocycles. The molecule has 0 saturated carbocycles. The first-order valence-electron chi connectivity index (χ1n) is 9.02. The molecule has 4 rings (SSSR count). The summed E-state index contributed by atoms with van der Waals surface area (Å²) in [4.78, 5) is 16.8. The number of nitrogens with zero attached hydrogens (tertiary/aromatic N) is 2. The highest BCUT2D eigenvalue weighted by molar-refractivity contribution is 5.92. The van der Waals surface area contributed by atoms with Crippen molar-refractivity contribution in [1.82, 2.24) is 4.90 Å². The smallest absolute Gasteiger partial charge is 0.238 e. The Hall–Kier alpha value is -2.93. The Morgan fingerprint density at radius 1 is 1.04 bits per heavy atom. The van der Waals surface area contributed by atoms with E-state index in [9.17, 15) is 4.79 Å². The Morgan fingerprint density at radius 2 is 1.78 bits per heavy atom. The largest absolute Gasteiger partial charge is 0.497 e. The highest BCUT2D eigenvalue weighted by Crippen LogP contribution is 2.34. The molecule has 2 aliphatic heterocycles. The zero-order chi connectivity index (χ0) is 18.6. The van der Waals surface area contributed by atoms with Gasteiger partial charge in [-0.25, -0.2) is 0 Å². The number of carbonyl (C=O) groups is 1. The summed E-state index contributed by atoms with van der Waals surface area (Å²) >= 11 is 0. The molecule has 2 heterocycles. The average molecular weight is 369 g/mol. The summed E-state index contributed by atoms with van der Waals surface area (Å²) in [6.07, 6.45) is 0. The predicted molar refractivity (Wildman–Crippen MR) is 103 cm³/mol. The van der Waals surface area contributed by atoms with Crippen molar-refractivity contribution in [3.05, 3.63) is 42.5 Å². The fourth-order valence-electron chi connectivity index (χ4n) is 3.34. The van der Waals surface area contributed by atoms with Crippen LogP contribution in [0.4, 0.5) is 11.4 Å². The molecule has 0 radical (unpaired) electrons. The third kappa shape index (κ3) is 4.09. The van der Waals surface area contributed by atoms with Gasteiger partial charge in [-0.2, -0.15) is 0 Å². The minimum absolute atomic E-state index is 0.0215. The standard InChI is InChI=1S/C20H23N3O4/c1-25-17-5-3-16(4-6-17)23-10-8-22(9-11-23)13-20(24)21-15-2-7-18-19(12-15)27-14-26-18/h2-7,12H,8-11,13-14H2,1H3,(H,21,24). The Kier molecular flexibility index (Phi) is 5.02. The molecular weight excluding hydrogens is 346 g/mol. The van der Waals surface area contributed by atoms with Crippen molar-refractivity contribution in [2.75, 3.05) is 56.8 Å². The average Bonchev–Trinajstić information content (AvgIpc) is 3.16. The highest BCUT2D eigenvalue weighted by atomic mass is 16.7. The first-order valence-corrected chi connectivity index (χ1v) is 9.02. The number of ether oxygens (including phenoxy) is 3. The summed E-state index contributed by atoms with van der Waals surface area (Å²) in [5, 5.41) is 2.93. The summed E-state index contributed by atoms with van der Waals surface area (Å²) in [6.45, 7) is 4.09. The van der Waals surface area contributed by atoms with Crippen LogP contribution >= 0.6 is 0 Å². The second kappa shape index (κ2) is 7.75. The number of carbonyl (C=O) groups excluding carboxylic acids is 1. The topological polar surface area (TPSA) is 63.3 Å². The van der Waals surface area contributed by atoms with Crippen molar-refractivity contribution in [2.24, 2.45) is 0 Å². The van der Waals surface area contributed by atoms with E-state index in [0.29, 0.717) is 18.0 Å². The molecule has 2 aromatic rings. The third-order valence-corrected chi connectivity index (χ3v) is 4.83. The van der Waals surface area contributed by atoms with Gasteiger partial charge in [0.25, 0.3) is 0 Å². The molecule has 1 fully saturated rings. The first-order chi connectivity index (χ1) is 13.2. The van der Waals surface area contributed by atoms with Crippen LogP contribution < -0.4 is 24.4 Å². The molecule has 2 aromatic carbocycles. The lowest BCUT2D eigenvalue weighted by molar-refractivity contribution is -0.117. The Morgan fingerprint density at radius 3 is 2.52 bits per heavy atom. The zero-order valence-electron chi connectivity index (χ0n) is 15.3. The maximum absolute atomic E-state index is 12.4. The fourth-order valence-corrected chi connectivity index (χ4v) is 3.34. The van der Waals surface area contributed by atoms with Crippen LogP contribution in [0.15, 0.2) is 42.5 Å². The summed E-state index contributed by atoms with van der Waals surface area (Å²) < 4.78 is 15.8. The Labute approximate surface area is 158 Å². The number of rotatable bonds is 5. The second-order valence-electron chi connectivity index (χ2n) is 6.58. The van der Waals surface area contributed by atoms with Crippen LogP contribution in [0.2, 0.25) is 0 Å². The van der Waals surface area contributed by atoms with E-state index in [1.54, 1.807) is 13.2 Å². The fraction of sp³-hybridized carbons (Fsp3) is 0.350. The van der Waals surface area contributed by atoms with Crippen molar-refractivity contribution in [2.45, 2.75) is 0 Å². The number of methoxy groups -OCH3 is 1. The van der Waals surface area contributed by atoms with Crippen molar-refractivity contribution in [1.29, 1.82) is 0 Å². The van der Waals surface area contributed by atoms with Crippen LogP contribution in [0.5, 0.6) is 17.2 Å². The van der Waals surface area contributed by atoms with Crippen molar-refractivity contribution in [3.63, 3.8) is 0 Å². The van der Waals surface area contributed by atoms with Gasteiger partial charge >= 0.3 is 0 Å². The molecule has 0 bridgehead atoms. The van der Waals surface area contributed by atoms with Gasteiger partial charge in [-0.1, -0.05) is 0 Å². The quantitative estimate of drug-likeness (QED) is 0.872. The van der Waals surface area contributed by atoms with Crippen molar-refractivity contribution in [3.8, 4) is 17.2 Å². The molecule has 142 valence electrons. The Bertz CT molecular complexity index is 801. The van der Waals surface area contributed by atoms with Gasteiger partial charge in [0.05, 0.1) is 13.7 Å². The molecule has 1 N–H and O–H groups in total. The van der Waals surface area contributed by atoms with Gasteiger partial charge in [0, 0.05) is 43.6 Å². The van der Waals surface area contributed by atoms with Crippen LogP contribution in [0.3, 0.4) is 0 Å². The van der Waals surface area contributed by atoms with Crippen LogP contribution in [0.25, 0.3) is 0 Å².